The van der Waals surface area contributed by atoms with Crippen molar-refractivity contribution in [1.82, 2.24) is 0 Å². The average molecular weight is 186 g/mol. The van der Waals surface area contributed by atoms with Gasteiger partial charge in [0.25, 0.3) is 0 Å². The Kier molecular flexibility index (Phi) is 6.40. The Bertz CT molecular complexity index is 113. The Labute approximate surface area is 84.5 Å². The lowest BCUT2D eigenvalue weighted by Crippen LogP contribution is -3.09. The molecule has 0 bridgehead atoms. The van der Waals surface area contributed by atoms with Gasteiger partial charge in [0.15, 0.2) is 0 Å². The van der Waals surface area contributed by atoms with Crippen LogP contribution in [0.1, 0.15) is 53.4 Å². The van der Waals surface area contributed by atoms with Gasteiger partial charge in [-0.3, -0.25) is 0 Å². The molecule has 0 aromatic heterocycles. The Morgan fingerprint density at radius 3 is 2.00 bits per heavy atom. The predicted molar refractivity (Wildman–Crippen MR) is 60.2 cm³/mol. The first kappa shape index (κ1) is 13.0. The highest BCUT2D eigenvalue weighted by atomic mass is 15.1. The van der Waals surface area contributed by atoms with Gasteiger partial charge in [0.2, 0.25) is 0 Å². The van der Waals surface area contributed by atoms with Gasteiger partial charge in [-0.15, -0.1) is 0 Å². The number of hydrogen-bond donors (Lipinski definition) is 1. The molecule has 0 aliphatic heterocycles. The molecule has 0 spiro atoms. The highest BCUT2D eigenvalue weighted by Gasteiger charge is 2.10. The molecule has 0 aromatic rings. The summed E-state index contributed by atoms with van der Waals surface area (Å²) in [5.41, 5.74) is 0.519. The summed E-state index contributed by atoms with van der Waals surface area (Å²) in [6.45, 7) is 11.9. The molecule has 80 valence electrons. The largest absolute Gasteiger partial charge is 0.337 e. The van der Waals surface area contributed by atoms with Gasteiger partial charge in [0, 0.05) is 0 Å². The van der Waals surface area contributed by atoms with Crippen LogP contribution in [0.5, 0.6) is 0 Å². The summed E-state index contributed by atoms with van der Waals surface area (Å²) in [5, 5.41) is 0. The molecule has 0 aromatic carbocycles. The van der Waals surface area contributed by atoms with Crippen molar-refractivity contribution in [1.29, 1.82) is 0 Å². The second-order valence-electron chi connectivity index (χ2n) is 5.47. The fourth-order valence-electron chi connectivity index (χ4n) is 1.52. The van der Waals surface area contributed by atoms with Crippen LogP contribution in [0, 0.1) is 5.41 Å². The molecule has 1 atom stereocenters. The van der Waals surface area contributed by atoms with Crippen LogP contribution >= 0.6 is 0 Å². The molecule has 1 unspecified atom stereocenters. The molecule has 0 heterocycles. The van der Waals surface area contributed by atoms with Gasteiger partial charge in [0.1, 0.15) is 0 Å². The third kappa shape index (κ3) is 9.88. The summed E-state index contributed by atoms with van der Waals surface area (Å²) >= 11 is 0. The smallest absolute Gasteiger partial charge is 0.0769 e. The Balaban J connectivity index is 3.31. The zero-order valence-corrected chi connectivity index (χ0v) is 10.2. The molecule has 13 heavy (non-hydrogen) atoms. The maximum atomic E-state index is 2.33. The molecule has 0 saturated carbocycles. The molecule has 1 heteroatoms. The normalized spacial score (nSPS) is 14.5. The number of unbranched alkanes of at least 4 members (excludes halogenated alkanes) is 1. The lowest BCUT2D eigenvalue weighted by Gasteiger charge is -2.19. The molecule has 0 fully saturated rings. The van der Waals surface area contributed by atoms with Gasteiger partial charge in [-0.25, -0.2) is 0 Å². The van der Waals surface area contributed by atoms with Crippen molar-refractivity contribution >= 4 is 0 Å². The molecule has 1 N–H and O–H groups in total. The lowest BCUT2D eigenvalue weighted by atomic mass is 9.90. The summed E-state index contributed by atoms with van der Waals surface area (Å²) in [6, 6.07) is 0. The standard InChI is InChI=1S/C12H27N/c1-6-7-10-13(5)11-8-9-12(2,3)4/h6-11H2,1-5H3/p+1. The van der Waals surface area contributed by atoms with Gasteiger partial charge < -0.3 is 4.90 Å². The van der Waals surface area contributed by atoms with Crippen molar-refractivity contribution in [2.45, 2.75) is 53.4 Å². The van der Waals surface area contributed by atoms with E-state index in [1.807, 2.05) is 0 Å². The van der Waals surface area contributed by atoms with E-state index >= 15 is 0 Å². The van der Waals surface area contributed by atoms with Crippen molar-refractivity contribution in [3.63, 3.8) is 0 Å². The van der Waals surface area contributed by atoms with Crippen LogP contribution in [-0.4, -0.2) is 20.1 Å². The van der Waals surface area contributed by atoms with Gasteiger partial charge in [-0.1, -0.05) is 34.1 Å². The van der Waals surface area contributed by atoms with Crippen molar-refractivity contribution in [2.75, 3.05) is 20.1 Å². The van der Waals surface area contributed by atoms with Crippen molar-refractivity contribution in [2.24, 2.45) is 5.41 Å². The third-order valence-electron chi connectivity index (χ3n) is 2.49. The topological polar surface area (TPSA) is 4.44 Å². The second kappa shape index (κ2) is 6.42. The minimum Gasteiger partial charge on any atom is -0.337 e. The van der Waals surface area contributed by atoms with Crippen LogP contribution in [0.4, 0.5) is 0 Å². The fourth-order valence-corrected chi connectivity index (χ4v) is 1.52. The number of rotatable bonds is 6. The van der Waals surface area contributed by atoms with Crippen LogP contribution < -0.4 is 4.90 Å². The van der Waals surface area contributed by atoms with Crippen LogP contribution in [0.25, 0.3) is 0 Å². The van der Waals surface area contributed by atoms with Crippen LogP contribution in [-0.2, 0) is 0 Å². The van der Waals surface area contributed by atoms with Crippen LogP contribution in [0.15, 0.2) is 0 Å². The maximum absolute atomic E-state index is 2.33. The number of quaternary nitrogens is 1. The monoisotopic (exact) mass is 186 g/mol. The Morgan fingerprint density at radius 1 is 1.00 bits per heavy atom. The number of nitrogens with one attached hydrogen (secondary N) is 1. The predicted octanol–water partition coefficient (Wildman–Crippen LogP) is 2.13. The summed E-state index contributed by atoms with van der Waals surface area (Å²) in [5.74, 6) is 0. The van der Waals surface area contributed by atoms with Gasteiger partial charge in [-0.05, 0) is 24.7 Å². The first-order chi connectivity index (χ1) is 5.95. The quantitative estimate of drug-likeness (QED) is 0.648. The van der Waals surface area contributed by atoms with Crippen molar-refractivity contribution in [3.8, 4) is 0 Å². The summed E-state index contributed by atoms with van der Waals surface area (Å²) < 4.78 is 0. The van der Waals surface area contributed by atoms with E-state index in [0.717, 1.165) is 0 Å². The Hall–Kier alpha value is -0.0400. The van der Waals surface area contributed by atoms with Gasteiger partial charge in [0.05, 0.1) is 20.1 Å². The summed E-state index contributed by atoms with van der Waals surface area (Å²) in [4.78, 5) is 1.70. The Morgan fingerprint density at radius 2 is 1.54 bits per heavy atom. The van der Waals surface area contributed by atoms with E-state index in [2.05, 4.69) is 34.7 Å². The average Bonchev–Trinajstić information content (AvgIpc) is 1.98. The van der Waals surface area contributed by atoms with E-state index < -0.39 is 0 Å². The summed E-state index contributed by atoms with van der Waals surface area (Å²) in [7, 11) is 2.32. The third-order valence-corrected chi connectivity index (χ3v) is 2.49. The minimum absolute atomic E-state index is 0.519. The van der Waals surface area contributed by atoms with Gasteiger partial charge in [-0.2, -0.15) is 0 Å². The van der Waals surface area contributed by atoms with E-state index in [1.54, 1.807) is 4.90 Å². The molecule has 0 amide bonds. The highest BCUT2D eigenvalue weighted by Crippen LogP contribution is 2.19. The first-order valence-corrected chi connectivity index (χ1v) is 5.77. The number of hydrogen-bond acceptors (Lipinski definition) is 0. The van der Waals surface area contributed by atoms with E-state index in [-0.39, 0.29) is 0 Å². The van der Waals surface area contributed by atoms with Crippen LogP contribution in [0.2, 0.25) is 0 Å². The van der Waals surface area contributed by atoms with E-state index in [1.165, 1.54) is 38.8 Å². The SMILES string of the molecule is CCCC[NH+](C)CCCC(C)(C)C. The molecule has 0 aliphatic carbocycles. The van der Waals surface area contributed by atoms with Crippen LogP contribution in [0.3, 0.4) is 0 Å². The van der Waals surface area contributed by atoms with Gasteiger partial charge >= 0.3 is 0 Å². The molecule has 0 aliphatic rings. The highest BCUT2D eigenvalue weighted by molar-refractivity contribution is 4.59. The first-order valence-electron chi connectivity index (χ1n) is 5.77. The molecule has 0 saturated heterocycles. The minimum atomic E-state index is 0.519. The lowest BCUT2D eigenvalue weighted by molar-refractivity contribution is -0.880. The zero-order chi connectivity index (χ0) is 10.3. The van der Waals surface area contributed by atoms with E-state index in [4.69, 9.17) is 0 Å². The van der Waals surface area contributed by atoms with E-state index in [0.29, 0.717) is 5.41 Å². The molecular weight excluding hydrogens is 158 g/mol. The fraction of sp³-hybridized carbons (Fsp3) is 1.00. The molecule has 1 nitrogen and oxygen atoms in total. The zero-order valence-electron chi connectivity index (χ0n) is 10.2. The second-order valence-corrected chi connectivity index (χ2v) is 5.47. The van der Waals surface area contributed by atoms with Crippen molar-refractivity contribution < 1.29 is 4.90 Å². The maximum Gasteiger partial charge on any atom is 0.0769 e. The van der Waals surface area contributed by atoms with E-state index in [9.17, 15) is 0 Å². The molecular formula is C12H28N+. The van der Waals surface area contributed by atoms with Crippen molar-refractivity contribution in [3.05, 3.63) is 0 Å². The summed E-state index contributed by atoms with van der Waals surface area (Å²) in [6.07, 6.45) is 5.44. The molecule has 0 rings (SSSR count). The molecule has 0 radical (unpaired) electrons.